The lowest BCUT2D eigenvalue weighted by Crippen LogP contribution is -2.27. The van der Waals surface area contributed by atoms with Crippen LogP contribution in [0.1, 0.15) is 37.6 Å². The third-order valence-corrected chi connectivity index (χ3v) is 6.51. The maximum Gasteiger partial charge on any atom is 0.311 e. The molecule has 0 atom stereocenters. The van der Waals surface area contributed by atoms with E-state index >= 15 is 0 Å². The molecule has 0 bridgehead atoms. The standard InChI is InChI=1S/C23H26N2O5S/c1-16-19(14-21(26)30-23(2,3)4)22(27)25(24-16)15-17-10-8-9-13-20(17)31(28,29)18-11-6-5-7-12-18/h5-13,24H,14-15H2,1-4H3. The van der Waals surface area contributed by atoms with Crippen LogP contribution in [-0.2, 0) is 32.3 Å². The van der Waals surface area contributed by atoms with E-state index in [4.69, 9.17) is 4.74 Å². The number of H-pyrrole nitrogens is 1. The molecule has 0 aliphatic rings. The number of aromatic amines is 1. The summed E-state index contributed by atoms with van der Waals surface area (Å²) in [5.41, 5.74) is 0.288. The molecule has 0 spiro atoms. The summed E-state index contributed by atoms with van der Waals surface area (Å²) in [5.74, 6) is -0.495. The van der Waals surface area contributed by atoms with Crippen LogP contribution in [0.4, 0.5) is 0 Å². The van der Waals surface area contributed by atoms with E-state index in [1.807, 2.05) is 0 Å². The summed E-state index contributed by atoms with van der Waals surface area (Å²) in [4.78, 5) is 25.4. The number of rotatable bonds is 6. The van der Waals surface area contributed by atoms with E-state index in [0.29, 0.717) is 16.8 Å². The molecule has 164 valence electrons. The molecule has 0 fully saturated rings. The molecule has 1 N–H and O–H groups in total. The Kier molecular flexibility index (Phi) is 6.22. The Morgan fingerprint density at radius 3 is 2.29 bits per heavy atom. The van der Waals surface area contributed by atoms with Crippen LogP contribution in [0, 0.1) is 6.92 Å². The summed E-state index contributed by atoms with van der Waals surface area (Å²) >= 11 is 0. The van der Waals surface area contributed by atoms with Crippen molar-refractivity contribution in [2.75, 3.05) is 0 Å². The van der Waals surface area contributed by atoms with Crippen molar-refractivity contribution in [1.82, 2.24) is 9.78 Å². The Balaban J connectivity index is 1.93. The summed E-state index contributed by atoms with van der Waals surface area (Å²) in [6.07, 6.45) is -0.157. The first-order valence-corrected chi connectivity index (χ1v) is 11.4. The van der Waals surface area contributed by atoms with Gasteiger partial charge in [-0.05, 0) is 51.5 Å². The van der Waals surface area contributed by atoms with Crippen molar-refractivity contribution in [3.05, 3.63) is 81.8 Å². The largest absolute Gasteiger partial charge is 0.460 e. The summed E-state index contributed by atoms with van der Waals surface area (Å²) in [6.45, 7) is 7.01. The van der Waals surface area contributed by atoms with E-state index in [1.54, 1.807) is 64.1 Å². The summed E-state index contributed by atoms with van der Waals surface area (Å²) in [7, 11) is -3.75. The first-order valence-electron chi connectivity index (χ1n) is 9.87. The number of nitrogens with one attached hydrogen (secondary N) is 1. The fourth-order valence-electron chi connectivity index (χ4n) is 3.28. The molecule has 0 aliphatic carbocycles. The Hall–Kier alpha value is -3.13. The zero-order valence-electron chi connectivity index (χ0n) is 18.0. The molecule has 0 saturated heterocycles. The second-order valence-electron chi connectivity index (χ2n) is 8.29. The van der Waals surface area contributed by atoms with Gasteiger partial charge in [0.05, 0.1) is 28.3 Å². The van der Waals surface area contributed by atoms with E-state index in [9.17, 15) is 18.0 Å². The quantitative estimate of drug-likeness (QED) is 0.591. The third kappa shape index (κ3) is 5.14. The van der Waals surface area contributed by atoms with Gasteiger partial charge in [0.2, 0.25) is 9.84 Å². The lowest BCUT2D eigenvalue weighted by atomic mass is 10.1. The zero-order chi connectivity index (χ0) is 22.8. The molecule has 7 nitrogen and oxygen atoms in total. The number of benzene rings is 2. The van der Waals surface area contributed by atoms with Crippen LogP contribution in [0.3, 0.4) is 0 Å². The van der Waals surface area contributed by atoms with Gasteiger partial charge < -0.3 is 4.74 Å². The summed E-state index contributed by atoms with van der Waals surface area (Å²) in [5, 5.41) is 2.95. The van der Waals surface area contributed by atoms with Gasteiger partial charge in [-0.25, -0.2) is 13.1 Å². The second kappa shape index (κ2) is 8.55. The maximum atomic E-state index is 13.1. The highest BCUT2D eigenvalue weighted by molar-refractivity contribution is 7.91. The predicted octanol–water partition coefficient (Wildman–Crippen LogP) is 3.25. The second-order valence-corrected chi connectivity index (χ2v) is 10.2. The summed E-state index contributed by atoms with van der Waals surface area (Å²) in [6, 6.07) is 14.7. The zero-order valence-corrected chi connectivity index (χ0v) is 18.8. The van der Waals surface area contributed by atoms with Crippen molar-refractivity contribution in [3.63, 3.8) is 0 Å². The van der Waals surface area contributed by atoms with E-state index in [1.165, 1.54) is 22.9 Å². The number of carbonyl (C=O) groups is 1. The van der Waals surface area contributed by atoms with Crippen LogP contribution in [0.25, 0.3) is 0 Å². The molecule has 31 heavy (non-hydrogen) atoms. The van der Waals surface area contributed by atoms with Gasteiger partial charge in [0.25, 0.3) is 5.56 Å². The molecule has 0 radical (unpaired) electrons. The van der Waals surface area contributed by atoms with Gasteiger partial charge in [0, 0.05) is 5.69 Å². The van der Waals surface area contributed by atoms with Crippen LogP contribution in [0.5, 0.6) is 0 Å². The van der Waals surface area contributed by atoms with Gasteiger partial charge in [0.15, 0.2) is 0 Å². The minimum Gasteiger partial charge on any atom is -0.460 e. The lowest BCUT2D eigenvalue weighted by molar-refractivity contribution is -0.153. The van der Waals surface area contributed by atoms with Crippen molar-refractivity contribution < 1.29 is 17.9 Å². The van der Waals surface area contributed by atoms with Crippen LogP contribution in [0.15, 0.2) is 69.2 Å². The predicted molar refractivity (Wildman–Crippen MR) is 117 cm³/mol. The van der Waals surface area contributed by atoms with Crippen molar-refractivity contribution >= 4 is 15.8 Å². The molecular formula is C23H26N2O5S. The molecule has 3 aromatic rings. The molecule has 2 aromatic carbocycles. The van der Waals surface area contributed by atoms with Crippen LogP contribution < -0.4 is 5.56 Å². The molecule has 0 amide bonds. The minimum absolute atomic E-state index is 0.0240. The number of hydrogen-bond donors (Lipinski definition) is 1. The number of sulfone groups is 1. The number of carbonyl (C=O) groups excluding carboxylic acids is 1. The van der Waals surface area contributed by atoms with Crippen molar-refractivity contribution in [1.29, 1.82) is 0 Å². The van der Waals surface area contributed by atoms with E-state index in [2.05, 4.69) is 5.10 Å². The Morgan fingerprint density at radius 2 is 1.65 bits per heavy atom. The topological polar surface area (TPSA) is 98.2 Å². The number of ether oxygens (including phenoxy) is 1. The molecule has 0 saturated carbocycles. The van der Waals surface area contributed by atoms with Crippen molar-refractivity contribution in [2.24, 2.45) is 0 Å². The number of hydrogen-bond acceptors (Lipinski definition) is 5. The Bertz CT molecular complexity index is 1250. The smallest absolute Gasteiger partial charge is 0.311 e. The van der Waals surface area contributed by atoms with Gasteiger partial charge in [-0.15, -0.1) is 0 Å². The van der Waals surface area contributed by atoms with Gasteiger partial charge in [0.1, 0.15) is 5.60 Å². The molecule has 0 unspecified atom stereocenters. The fraction of sp³-hybridized carbons (Fsp3) is 0.304. The first kappa shape index (κ1) is 22.6. The Morgan fingerprint density at radius 1 is 1.03 bits per heavy atom. The monoisotopic (exact) mass is 442 g/mol. The number of esters is 1. The van der Waals surface area contributed by atoms with Gasteiger partial charge in [-0.2, -0.15) is 0 Å². The van der Waals surface area contributed by atoms with Gasteiger partial charge in [-0.1, -0.05) is 36.4 Å². The normalized spacial score (nSPS) is 12.0. The SMILES string of the molecule is Cc1[nH]n(Cc2ccccc2S(=O)(=O)c2ccccc2)c(=O)c1CC(=O)OC(C)(C)C. The van der Waals surface area contributed by atoms with Crippen LogP contribution >= 0.6 is 0 Å². The van der Waals surface area contributed by atoms with Crippen molar-refractivity contribution in [3.8, 4) is 0 Å². The van der Waals surface area contributed by atoms with Crippen molar-refractivity contribution in [2.45, 2.75) is 56.1 Å². The highest BCUT2D eigenvalue weighted by Gasteiger charge is 2.23. The van der Waals surface area contributed by atoms with E-state index in [-0.39, 0.29) is 28.3 Å². The van der Waals surface area contributed by atoms with E-state index < -0.39 is 21.4 Å². The number of nitrogens with zero attached hydrogens (tertiary/aromatic N) is 1. The minimum atomic E-state index is -3.75. The molecule has 1 heterocycles. The highest BCUT2D eigenvalue weighted by Crippen LogP contribution is 2.24. The average Bonchev–Trinajstić information content (AvgIpc) is 2.95. The Labute approximate surface area is 181 Å². The molecular weight excluding hydrogens is 416 g/mol. The molecule has 8 heteroatoms. The number of aryl methyl sites for hydroxylation is 1. The summed E-state index contributed by atoms with van der Waals surface area (Å²) < 4.78 is 32.9. The van der Waals surface area contributed by atoms with Crippen LogP contribution in [0.2, 0.25) is 0 Å². The van der Waals surface area contributed by atoms with Gasteiger partial charge >= 0.3 is 5.97 Å². The highest BCUT2D eigenvalue weighted by atomic mass is 32.2. The maximum absolute atomic E-state index is 13.1. The fourth-order valence-corrected chi connectivity index (χ4v) is 4.78. The molecule has 1 aromatic heterocycles. The number of aromatic nitrogens is 2. The van der Waals surface area contributed by atoms with Crippen LogP contribution in [-0.4, -0.2) is 29.8 Å². The average molecular weight is 443 g/mol. The first-order chi connectivity index (χ1) is 14.5. The lowest BCUT2D eigenvalue weighted by Gasteiger charge is -2.19. The molecule has 0 aliphatic heterocycles. The van der Waals surface area contributed by atoms with Gasteiger partial charge in [-0.3, -0.25) is 14.7 Å². The van der Waals surface area contributed by atoms with E-state index in [0.717, 1.165) is 0 Å². The third-order valence-electron chi connectivity index (χ3n) is 4.64. The molecule has 3 rings (SSSR count).